The Hall–Kier alpha value is -2.25. The molecule has 2 N–H and O–H groups in total. The van der Waals surface area contributed by atoms with Crippen LogP contribution in [0.2, 0.25) is 0 Å². The number of allylic oxidation sites excluding steroid dienone is 3. The van der Waals surface area contributed by atoms with Gasteiger partial charge in [-0.15, -0.1) is 0 Å². The molecule has 2 aromatic rings. The minimum absolute atomic E-state index is 0.190. The number of rotatable bonds is 11. The van der Waals surface area contributed by atoms with Crippen molar-refractivity contribution in [3.63, 3.8) is 0 Å². The standard InChI is InChI=1S/C28H38N2O3S/c1-20-11-13-25(14-12-20)19-33-16-15-29-27(26-9-7-6-8-10-26)24(5)30-34(31,32)28-22(3)17-21(2)18-23(28)4/h6-11,14,17-18,24,27,29-30H,12-13,15-16,19H2,1-5H3/t24-,27+/m1/s1. The minimum atomic E-state index is -3.68. The number of nitrogens with one attached hydrogen (secondary N) is 2. The van der Waals surface area contributed by atoms with Crippen LogP contribution in [0.25, 0.3) is 0 Å². The molecule has 0 saturated carbocycles. The molecule has 0 aromatic heterocycles. The van der Waals surface area contributed by atoms with Gasteiger partial charge in [-0.05, 0) is 69.7 Å². The fraction of sp³-hybridized carbons (Fsp3) is 0.429. The summed E-state index contributed by atoms with van der Waals surface area (Å²) in [7, 11) is -3.68. The second-order valence-corrected chi connectivity index (χ2v) is 11.0. The van der Waals surface area contributed by atoms with Gasteiger partial charge >= 0.3 is 0 Å². The van der Waals surface area contributed by atoms with E-state index in [0.717, 1.165) is 35.1 Å². The zero-order chi connectivity index (χ0) is 24.7. The first-order valence-electron chi connectivity index (χ1n) is 12.0. The molecular formula is C28H38N2O3S. The van der Waals surface area contributed by atoms with Gasteiger partial charge in [-0.2, -0.15) is 0 Å². The lowest BCUT2D eigenvalue weighted by Gasteiger charge is -2.27. The van der Waals surface area contributed by atoms with Gasteiger partial charge in [0.15, 0.2) is 0 Å². The van der Waals surface area contributed by atoms with Crippen LogP contribution in [0.5, 0.6) is 0 Å². The lowest BCUT2D eigenvalue weighted by molar-refractivity contribution is 0.152. The predicted molar refractivity (Wildman–Crippen MR) is 140 cm³/mol. The topological polar surface area (TPSA) is 67.4 Å². The van der Waals surface area contributed by atoms with E-state index < -0.39 is 10.0 Å². The zero-order valence-corrected chi connectivity index (χ0v) is 21.8. The van der Waals surface area contributed by atoms with Crippen LogP contribution >= 0.6 is 0 Å². The average Bonchev–Trinajstić information content (AvgIpc) is 2.76. The van der Waals surface area contributed by atoms with Crippen LogP contribution in [0.1, 0.15) is 55.0 Å². The number of benzene rings is 2. The number of aryl methyl sites for hydroxylation is 3. The van der Waals surface area contributed by atoms with Crippen LogP contribution in [0, 0.1) is 20.8 Å². The molecule has 0 unspecified atom stereocenters. The van der Waals surface area contributed by atoms with E-state index in [9.17, 15) is 8.42 Å². The van der Waals surface area contributed by atoms with E-state index >= 15 is 0 Å². The molecule has 0 radical (unpaired) electrons. The van der Waals surface area contributed by atoms with Gasteiger partial charge in [0, 0.05) is 18.6 Å². The van der Waals surface area contributed by atoms with Gasteiger partial charge in [0.2, 0.25) is 10.0 Å². The summed E-state index contributed by atoms with van der Waals surface area (Å²) in [5, 5.41) is 3.51. The van der Waals surface area contributed by atoms with E-state index in [4.69, 9.17) is 4.74 Å². The summed E-state index contributed by atoms with van der Waals surface area (Å²) < 4.78 is 35.5. The van der Waals surface area contributed by atoms with Crippen LogP contribution in [-0.4, -0.2) is 34.2 Å². The summed E-state index contributed by atoms with van der Waals surface area (Å²) in [6.07, 6.45) is 6.47. The van der Waals surface area contributed by atoms with Crippen molar-refractivity contribution in [2.75, 3.05) is 19.8 Å². The molecule has 2 atom stereocenters. The summed E-state index contributed by atoms with van der Waals surface area (Å²) in [5.41, 5.74) is 6.33. The molecule has 0 heterocycles. The van der Waals surface area contributed by atoms with E-state index in [2.05, 4.69) is 29.1 Å². The van der Waals surface area contributed by atoms with Crippen LogP contribution in [0.3, 0.4) is 0 Å². The number of sulfonamides is 1. The third-order valence-corrected chi connectivity index (χ3v) is 8.06. The Labute approximate surface area is 205 Å². The average molecular weight is 483 g/mol. The van der Waals surface area contributed by atoms with Gasteiger partial charge in [-0.1, -0.05) is 65.8 Å². The summed E-state index contributed by atoms with van der Waals surface area (Å²) in [6, 6.07) is 13.2. The normalized spacial score (nSPS) is 16.0. The smallest absolute Gasteiger partial charge is 0.241 e. The summed E-state index contributed by atoms with van der Waals surface area (Å²) in [5.74, 6) is 0. The van der Waals surface area contributed by atoms with Crippen LogP contribution in [0.4, 0.5) is 0 Å². The molecule has 1 aliphatic rings. The fourth-order valence-electron chi connectivity index (χ4n) is 4.59. The second kappa shape index (κ2) is 11.9. The fourth-order valence-corrected chi connectivity index (χ4v) is 6.30. The first-order chi connectivity index (χ1) is 16.2. The molecule has 1 aliphatic carbocycles. The largest absolute Gasteiger partial charge is 0.376 e. The van der Waals surface area contributed by atoms with E-state index in [1.54, 1.807) is 0 Å². The van der Waals surface area contributed by atoms with E-state index in [0.29, 0.717) is 24.7 Å². The molecule has 6 heteroatoms. The van der Waals surface area contributed by atoms with Crippen molar-refractivity contribution in [3.8, 4) is 0 Å². The van der Waals surface area contributed by atoms with Gasteiger partial charge in [-0.25, -0.2) is 13.1 Å². The highest BCUT2D eigenvalue weighted by Gasteiger charge is 2.27. The first-order valence-corrected chi connectivity index (χ1v) is 13.5. The van der Waals surface area contributed by atoms with Gasteiger partial charge in [0.25, 0.3) is 0 Å². The molecule has 0 amide bonds. The highest BCUT2D eigenvalue weighted by Crippen LogP contribution is 2.24. The minimum Gasteiger partial charge on any atom is -0.376 e. The van der Waals surface area contributed by atoms with Crippen LogP contribution < -0.4 is 10.0 Å². The molecule has 0 spiro atoms. The first kappa shape index (κ1) is 26.4. The van der Waals surface area contributed by atoms with E-state index in [-0.39, 0.29) is 12.1 Å². The van der Waals surface area contributed by atoms with Crippen molar-refractivity contribution in [1.29, 1.82) is 0 Å². The highest BCUT2D eigenvalue weighted by atomic mass is 32.2. The monoisotopic (exact) mass is 482 g/mol. The van der Waals surface area contributed by atoms with Gasteiger partial charge in [-0.3, -0.25) is 0 Å². The molecule has 0 saturated heterocycles. The Morgan fingerprint density at radius 3 is 2.26 bits per heavy atom. The Morgan fingerprint density at radius 2 is 1.65 bits per heavy atom. The number of hydrogen-bond donors (Lipinski definition) is 2. The van der Waals surface area contributed by atoms with Crippen molar-refractivity contribution >= 4 is 10.0 Å². The third kappa shape index (κ3) is 7.12. The molecule has 3 rings (SSSR count). The SMILES string of the molecule is CC1=CCC(COCCN[C@H](c2ccccc2)[C@@H](C)NS(=O)(=O)c2c(C)cc(C)cc2C)=CC1. The van der Waals surface area contributed by atoms with Crippen molar-refractivity contribution in [2.24, 2.45) is 0 Å². The molecule has 2 aromatic carbocycles. The molecule has 5 nitrogen and oxygen atoms in total. The maximum Gasteiger partial charge on any atom is 0.241 e. The zero-order valence-electron chi connectivity index (χ0n) is 21.0. The van der Waals surface area contributed by atoms with Gasteiger partial charge < -0.3 is 10.1 Å². The number of ether oxygens (including phenoxy) is 1. The van der Waals surface area contributed by atoms with E-state index in [1.165, 1.54) is 11.1 Å². The molecule has 0 aliphatic heterocycles. The lowest BCUT2D eigenvalue weighted by atomic mass is 10.0. The third-order valence-electron chi connectivity index (χ3n) is 6.20. The maximum atomic E-state index is 13.3. The Balaban J connectivity index is 1.65. The Morgan fingerprint density at radius 1 is 0.971 bits per heavy atom. The second-order valence-electron chi connectivity index (χ2n) is 9.35. The summed E-state index contributed by atoms with van der Waals surface area (Å²) >= 11 is 0. The van der Waals surface area contributed by atoms with Crippen molar-refractivity contribution in [1.82, 2.24) is 10.0 Å². The molecular weight excluding hydrogens is 444 g/mol. The quantitative estimate of drug-likeness (QED) is 0.337. The van der Waals surface area contributed by atoms with Crippen molar-refractivity contribution in [3.05, 3.63) is 88.0 Å². The van der Waals surface area contributed by atoms with Gasteiger partial charge in [0.05, 0.1) is 18.1 Å². The maximum absolute atomic E-state index is 13.3. The number of hydrogen-bond acceptors (Lipinski definition) is 4. The van der Waals surface area contributed by atoms with E-state index in [1.807, 2.05) is 70.2 Å². The van der Waals surface area contributed by atoms with Crippen LogP contribution in [0.15, 0.2) is 70.7 Å². The molecule has 0 bridgehead atoms. The molecule has 34 heavy (non-hydrogen) atoms. The van der Waals surface area contributed by atoms with Crippen molar-refractivity contribution < 1.29 is 13.2 Å². The molecule has 0 fully saturated rings. The Bertz CT molecular complexity index is 1110. The van der Waals surface area contributed by atoms with Crippen LogP contribution in [-0.2, 0) is 14.8 Å². The summed E-state index contributed by atoms with van der Waals surface area (Å²) in [6.45, 7) is 11.5. The predicted octanol–water partition coefficient (Wildman–Crippen LogP) is 5.29. The molecule has 184 valence electrons. The Kier molecular flexibility index (Phi) is 9.25. The highest BCUT2D eigenvalue weighted by molar-refractivity contribution is 7.89. The lowest BCUT2D eigenvalue weighted by Crippen LogP contribution is -2.43. The van der Waals surface area contributed by atoms with Crippen molar-refractivity contribution in [2.45, 2.75) is 64.4 Å². The summed E-state index contributed by atoms with van der Waals surface area (Å²) in [4.78, 5) is 0.366. The van der Waals surface area contributed by atoms with Gasteiger partial charge in [0.1, 0.15) is 0 Å².